The first kappa shape index (κ1) is 14.5. The standard InChI is InChI=1S/C13H12BrClFNO2/c14-13-7(4-5-19-13)12(18)8(6-17)11-9(15)2-1-3-10(11)16/h1-5,8,12,18H,6,17H2. The maximum atomic E-state index is 13.9. The highest BCUT2D eigenvalue weighted by atomic mass is 79.9. The number of furan rings is 1. The summed E-state index contributed by atoms with van der Waals surface area (Å²) in [7, 11) is 0. The number of hydrogen-bond acceptors (Lipinski definition) is 3. The molecule has 0 fully saturated rings. The summed E-state index contributed by atoms with van der Waals surface area (Å²) in [6.45, 7) is 0.0550. The maximum absolute atomic E-state index is 13.9. The lowest BCUT2D eigenvalue weighted by atomic mass is 9.90. The van der Waals surface area contributed by atoms with Crippen molar-refractivity contribution < 1.29 is 13.9 Å². The van der Waals surface area contributed by atoms with Gasteiger partial charge in [-0.3, -0.25) is 0 Å². The normalized spacial score (nSPS) is 14.4. The van der Waals surface area contributed by atoms with E-state index in [0.717, 1.165) is 0 Å². The second-order valence-electron chi connectivity index (χ2n) is 4.07. The summed E-state index contributed by atoms with van der Waals surface area (Å²) in [5.41, 5.74) is 6.39. The Morgan fingerprint density at radius 3 is 2.68 bits per heavy atom. The molecule has 0 saturated heterocycles. The molecule has 19 heavy (non-hydrogen) atoms. The highest BCUT2D eigenvalue weighted by molar-refractivity contribution is 9.10. The van der Waals surface area contributed by atoms with Crippen LogP contribution in [0.5, 0.6) is 0 Å². The van der Waals surface area contributed by atoms with E-state index >= 15 is 0 Å². The Kier molecular flexibility index (Phi) is 4.62. The predicted octanol–water partition coefficient (Wildman–Crippen LogP) is 3.61. The van der Waals surface area contributed by atoms with Gasteiger partial charge in [-0.15, -0.1) is 0 Å². The fourth-order valence-corrected chi connectivity index (χ4v) is 2.78. The van der Waals surface area contributed by atoms with E-state index in [9.17, 15) is 9.50 Å². The Labute approximate surface area is 123 Å². The van der Waals surface area contributed by atoms with Crippen LogP contribution in [0.25, 0.3) is 0 Å². The second kappa shape index (κ2) is 6.05. The van der Waals surface area contributed by atoms with Crippen molar-refractivity contribution in [3.8, 4) is 0 Å². The van der Waals surface area contributed by atoms with Crippen LogP contribution < -0.4 is 5.73 Å². The minimum absolute atomic E-state index is 0.0550. The molecule has 0 amide bonds. The molecule has 2 aromatic rings. The van der Waals surface area contributed by atoms with E-state index in [4.69, 9.17) is 21.8 Å². The Hall–Kier alpha value is -0.880. The van der Waals surface area contributed by atoms with Crippen molar-refractivity contribution >= 4 is 27.5 Å². The lowest BCUT2D eigenvalue weighted by molar-refractivity contribution is 0.144. The molecular weight excluding hydrogens is 337 g/mol. The zero-order valence-electron chi connectivity index (χ0n) is 9.82. The second-order valence-corrected chi connectivity index (χ2v) is 5.20. The molecule has 3 nitrogen and oxygen atoms in total. The van der Waals surface area contributed by atoms with Gasteiger partial charge in [-0.05, 0) is 34.1 Å². The Balaban J connectivity index is 2.43. The van der Waals surface area contributed by atoms with E-state index in [-0.39, 0.29) is 17.1 Å². The topological polar surface area (TPSA) is 59.4 Å². The van der Waals surface area contributed by atoms with E-state index in [2.05, 4.69) is 15.9 Å². The van der Waals surface area contributed by atoms with Crippen molar-refractivity contribution in [2.24, 2.45) is 5.73 Å². The lowest BCUT2D eigenvalue weighted by Crippen LogP contribution is -2.21. The molecule has 0 bridgehead atoms. The average Bonchev–Trinajstić information content (AvgIpc) is 2.79. The van der Waals surface area contributed by atoms with Crippen LogP contribution in [0, 0.1) is 5.82 Å². The van der Waals surface area contributed by atoms with Gasteiger partial charge in [-0.25, -0.2) is 4.39 Å². The highest BCUT2D eigenvalue weighted by Crippen LogP contribution is 2.38. The minimum Gasteiger partial charge on any atom is -0.457 e. The van der Waals surface area contributed by atoms with E-state index in [0.29, 0.717) is 10.2 Å². The molecule has 6 heteroatoms. The quantitative estimate of drug-likeness (QED) is 0.887. The van der Waals surface area contributed by atoms with Gasteiger partial charge in [0.05, 0.1) is 12.4 Å². The number of aliphatic hydroxyl groups excluding tert-OH is 1. The SMILES string of the molecule is NCC(c1c(F)cccc1Cl)C(O)c1ccoc1Br. The summed E-state index contributed by atoms with van der Waals surface area (Å²) in [6.07, 6.45) is 0.423. The number of hydrogen-bond donors (Lipinski definition) is 2. The van der Waals surface area contributed by atoms with Crippen LogP contribution in [0.2, 0.25) is 5.02 Å². The summed E-state index contributed by atoms with van der Waals surface area (Å²) in [6, 6.07) is 5.97. The van der Waals surface area contributed by atoms with Crippen molar-refractivity contribution in [3.63, 3.8) is 0 Å². The largest absolute Gasteiger partial charge is 0.457 e. The molecule has 2 unspecified atom stereocenters. The molecule has 1 heterocycles. The van der Waals surface area contributed by atoms with Crippen LogP contribution in [0.1, 0.15) is 23.1 Å². The van der Waals surface area contributed by atoms with Crippen LogP contribution in [0.4, 0.5) is 4.39 Å². The van der Waals surface area contributed by atoms with Crippen LogP contribution in [-0.2, 0) is 0 Å². The summed E-state index contributed by atoms with van der Waals surface area (Å²) in [4.78, 5) is 0. The zero-order valence-corrected chi connectivity index (χ0v) is 12.2. The van der Waals surface area contributed by atoms with Crippen LogP contribution in [0.3, 0.4) is 0 Å². The van der Waals surface area contributed by atoms with Crippen molar-refractivity contribution in [2.45, 2.75) is 12.0 Å². The number of benzene rings is 1. The Morgan fingerprint density at radius 1 is 1.42 bits per heavy atom. The molecule has 1 aromatic heterocycles. The third kappa shape index (κ3) is 2.84. The van der Waals surface area contributed by atoms with Crippen LogP contribution >= 0.6 is 27.5 Å². The van der Waals surface area contributed by atoms with Gasteiger partial charge in [0, 0.05) is 28.6 Å². The predicted molar refractivity (Wildman–Crippen MR) is 74.6 cm³/mol. The van der Waals surface area contributed by atoms with Crippen LogP contribution in [0.15, 0.2) is 39.6 Å². The van der Waals surface area contributed by atoms with Gasteiger partial charge in [0.2, 0.25) is 0 Å². The number of rotatable bonds is 4. The fraction of sp³-hybridized carbons (Fsp3) is 0.231. The molecule has 1 aromatic carbocycles. The Morgan fingerprint density at radius 2 is 2.16 bits per heavy atom. The molecule has 2 atom stereocenters. The van der Waals surface area contributed by atoms with Gasteiger partial charge >= 0.3 is 0 Å². The zero-order chi connectivity index (χ0) is 14.0. The first-order chi connectivity index (χ1) is 9.06. The minimum atomic E-state index is -1.01. The fourth-order valence-electron chi connectivity index (χ4n) is 2.00. The van der Waals surface area contributed by atoms with Gasteiger partial charge in [0.25, 0.3) is 0 Å². The van der Waals surface area contributed by atoms with Gasteiger partial charge in [-0.1, -0.05) is 17.7 Å². The summed E-state index contributed by atoms with van der Waals surface area (Å²) >= 11 is 9.19. The molecule has 0 saturated carbocycles. The summed E-state index contributed by atoms with van der Waals surface area (Å²) in [5, 5.41) is 10.6. The Bertz CT molecular complexity index is 555. The van der Waals surface area contributed by atoms with E-state index < -0.39 is 17.8 Å². The molecule has 0 spiro atoms. The van der Waals surface area contributed by atoms with Gasteiger partial charge in [0.1, 0.15) is 5.82 Å². The molecule has 102 valence electrons. The molecule has 3 N–H and O–H groups in total. The molecule has 0 aliphatic heterocycles. The van der Waals surface area contributed by atoms with Gasteiger partial charge in [0.15, 0.2) is 4.67 Å². The lowest BCUT2D eigenvalue weighted by Gasteiger charge is -2.22. The number of aliphatic hydroxyl groups is 1. The maximum Gasteiger partial charge on any atom is 0.174 e. The van der Waals surface area contributed by atoms with Crippen molar-refractivity contribution in [1.29, 1.82) is 0 Å². The van der Waals surface area contributed by atoms with E-state index in [1.165, 1.54) is 18.4 Å². The van der Waals surface area contributed by atoms with Crippen molar-refractivity contribution in [2.75, 3.05) is 6.54 Å². The third-order valence-corrected chi connectivity index (χ3v) is 3.94. The smallest absolute Gasteiger partial charge is 0.174 e. The van der Waals surface area contributed by atoms with E-state index in [1.54, 1.807) is 12.1 Å². The monoisotopic (exact) mass is 347 g/mol. The molecule has 0 aliphatic carbocycles. The van der Waals surface area contributed by atoms with Gasteiger partial charge in [-0.2, -0.15) is 0 Å². The molecular formula is C13H12BrClFNO2. The number of nitrogens with two attached hydrogens (primary N) is 1. The third-order valence-electron chi connectivity index (χ3n) is 2.97. The first-order valence-corrected chi connectivity index (χ1v) is 6.78. The van der Waals surface area contributed by atoms with Crippen LogP contribution in [-0.4, -0.2) is 11.7 Å². The highest BCUT2D eigenvalue weighted by Gasteiger charge is 2.28. The summed E-state index contributed by atoms with van der Waals surface area (Å²) < 4.78 is 19.4. The van der Waals surface area contributed by atoms with Crippen molar-refractivity contribution in [1.82, 2.24) is 0 Å². The van der Waals surface area contributed by atoms with Gasteiger partial charge < -0.3 is 15.3 Å². The first-order valence-electron chi connectivity index (χ1n) is 5.61. The molecule has 0 aliphatic rings. The average molecular weight is 349 g/mol. The molecule has 0 radical (unpaired) electrons. The van der Waals surface area contributed by atoms with Crippen molar-refractivity contribution in [3.05, 3.63) is 57.2 Å². The summed E-state index contributed by atoms with van der Waals surface area (Å²) in [5.74, 6) is -1.13. The number of halogens is 3. The molecule has 2 rings (SSSR count). The van der Waals surface area contributed by atoms with E-state index in [1.807, 2.05) is 0 Å².